The van der Waals surface area contributed by atoms with Crippen LogP contribution in [0.15, 0.2) is 24.3 Å². The molecular weight excluding hydrogens is 360 g/mol. The van der Waals surface area contributed by atoms with E-state index in [2.05, 4.69) is 23.1 Å². The van der Waals surface area contributed by atoms with Gasteiger partial charge in [0.15, 0.2) is 0 Å². The van der Waals surface area contributed by atoms with Crippen molar-refractivity contribution >= 4 is 11.7 Å². The third kappa shape index (κ3) is 10.2. The van der Waals surface area contributed by atoms with Gasteiger partial charge >= 0.3 is 5.97 Å². The average molecular weight is 403 g/mol. The molecule has 1 fully saturated rings. The van der Waals surface area contributed by atoms with Crippen LogP contribution in [-0.2, 0) is 9.53 Å². The number of hydrogen-bond donors (Lipinski definition) is 1. The quantitative estimate of drug-likeness (QED) is 0.284. The third-order valence-corrected chi connectivity index (χ3v) is 5.66. The maximum absolute atomic E-state index is 11.7. The first-order chi connectivity index (χ1) is 13.8. The predicted octanol–water partition coefficient (Wildman–Crippen LogP) is 5.91. The molecule has 1 saturated heterocycles. The van der Waals surface area contributed by atoms with Gasteiger partial charge in [-0.1, -0.05) is 44.2 Å². The van der Waals surface area contributed by atoms with Crippen molar-refractivity contribution in [3.63, 3.8) is 0 Å². The Balaban J connectivity index is 1.49. The lowest BCUT2D eigenvalue weighted by molar-refractivity contribution is -0.154. The minimum Gasteiger partial charge on any atom is -0.460 e. The summed E-state index contributed by atoms with van der Waals surface area (Å²) in [7, 11) is 0. The third-order valence-electron chi connectivity index (χ3n) is 5.66. The van der Waals surface area contributed by atoms with E-state index in [1.807, 2.05) is 26.8 Å². The van der Waals surface area contributed by atoms with Crippen LogP contribution in [0.25, 0.3) is 0 Å². The molecule has 4 heteroatoms. The molecule has 0 amide bonds. The summed E-state index contributed by atoms with van der Waals surface area (Å²) in [5.41, 5.74) is 7.88. The Morgan fingerprint density at radius 1 is 1.10 bits per heavy atom. The zero-order valence-corrected chi connectivity index (χ0v) is 18.9. The molecule has 1 atom stereocenters. The first kappa shape index (κ1) is 23.7. The lowest BCUT2D eigenvalue weighted by atomic mass is 9.90. The van der Waals surface area contributed by atoms with E-state index < -0.39 is 0 Å². The standard InChI is InChI=1S/C25H42N2O2/c1-25(2,3)29-24(28)16-9-7-5-4-6-8-10-17-27-18-12-14-22(20-27)21-13-11-15-23(26)19-21/h11,13,15,19,22H,4-10,12,14,16-18,20,26H2,1-3H3. The fourth-order valence-corrected chi connectivity index (χ4v) is 4.22. The molecule has 4 nitrogen and oxygen atoms in total. The van der Waals surface area contributed by atoms with Crippen LogP contribution in [0.4, 0.5) is 5.69 Å². The summed E-state index contributed by atoms with van der Waals surface area (Å²) in [5, 5.41) is 0. The van der Waals surface area contributed by atoms with Gasteiger partial charge in [-0.15, -0.1) is 0 Å². The maximum Gasteiger partial charge on any atom is 0.306 e. The highest BCUT2D eigenvalue weighted by molar-refractivity contribution is 5.69. The van der Waals surface area contributed by atoms with E-state index in [0.717, 1.165) is 18.5 Å². The van der Waals surface area contributed by atoms with Gasteiger partial charge in [-0.3, -0.25) is 4.79 Å². The minimum atomic E-state index is -0.361. The van der Waals surface area contributed by atoms with Crippen molar-refractivity contribution in [3.8, 4) is 0 Å². The summed E-state index contributed by atoms with van der Waals surface area (Å²) >= 11 is 0. The number of nitrogens with zero attached hydrogens (tertiary/aromatic N) is 1. The molecule has 0 bridgehead atoms. The lowest BCUT2D eigenvalue weighted by Gasteiger charge is -2.33. The largest absolute Gasteiger partial charge is 0.460 e. The van der Waals surface area contributed by atoms with Crippen molar-refractivity contribution in [2.45, 2.75) is 96.5 Å². The van der Waals surface area contributed by atoms with Gasteiger partial charge in [-0.2, -0.15) is 0 Å². The molecule has 1 aliphatic heterocycles. The Morgan fingerprint density at radius 3 is 2.48 bits per heavy atom. The molecule has 1 unspecified atom stereocenters. The monoisotopic (exact) mass is 402 g/mol. The Hall–Kier alpha value is -1.55. The molecule has 29 heavy (non-hydrogen) atoms. The zero-order chi connectivity index (χ0) is 21.1. The predicted molar refractivity (Wildman–Crippen MR) is 122 cm³/mol. The average Bonchev–Trinajstić information content (AvgIpc) is 2.65. The summed E-state index contributed by atoms with van der Waals surface area (Å²) in [6, 6.07) is 8.43. The van der Waals surface area contributed by atoms with Crippen molar-refractivity contribution in [1.29, 1.82) is 0 Å². The van der Waals surface area contributed by atoms with Crippen LogP contribution in [0.2, 0.25) is 0 Å². The van der Waals surface area contributed by atoms with Crippen molar-refractivity contribution < 1.29 is 9.53 Å². The number of unbranched alkanes of at least 4 members (excludes halogenated alkanes) is 6. The highest BCUT2D eigenvalue weighted by atomic mass is 16.6. The van der Waals surface area contributed by atoms with Crippen molar-refractivity contribution in [3.05, 3.63) is 29.8 Å². The Labute approximate surface area is 178 Å². The number of ether oxygens (including phenoxy) is 1. The highest BCUT2D eigenvalue weighted by Gasteiger charge is 2.21. The van der Waals surface area contributed by atoms with Gasteiger partial charge < -0.3 is 15.4 Å². The van der Waals surface area contributed by atoms with Crippen LogP contribution in [0.5, 0.6) is 0 Å². The molecule has 164 valence electrons. The highest BCUT2D eigenvalue weighted by Crippen LogP contribution is 2.28. The number of nitrogens with two attached hydrogens (primary N) is 1. The summed E-state index contributed by atoms with van der Waals surface area (Å²) in [6.07, 6.45) is 11.6. The number of nitrogen functional groups attached to an aromatic ring is 1. The van der Waals surface area contributed by atoms with E-state index in [-0.39, 0.29) is 11.6 Å². The first-order valence-corrected chi connectivity index (χ1v) is 11.6. The van der Waals surface area contributed by atoms with Gasteiger partial charge in [0, 0.05) is 18.7 Å². The van der Waals surface area contributed by atoms with E-state index in [9.17, 15) is 4.79 Å². The number of piperidine rings is 1. The van der Waals surface area contributed by atoms with Gasteiger partial charge in [-0.05, 0) is 83.2 Å². The maximum atomic E-state index is 11.7. The SMILES string of the molecule is CC(C)(C)OC(=O)CCCCCCCCCN1CCCC(c2cccc(N)c2)C1. The second kappa shape index (κ2) is 12.2. The van der Waals surface area contributed by atoms with Crippen molar-refractivity contribution in [2.24, 2.45) is 0 Å². The van der Waals surface area contributed by atoms with Gasteiger partial charge in [0.2, 0.25) is 0 Å². The van der Waals surface area contributed by atoms with E-state index >= 15 is 0 Å². The summed E-state index contributed by atoms with van der Waals surface area (Å²) in [5.74, 6) is 0.577. The van der Waals surface area contributed by atoms with Gasteiger partial charge in [0.25, 0.3) is 0 Å². The van der Waals surface area contributed by atoms with Gasteiger partial charge in [-0.25, -0.2) is 0 Å². The second-order valence-corrected chi connectivity index (χ2v) is 9.62. The van der Waals surface area contributed by atoms with Crippen molar-refractivity contribution in [2.75, 3.05) is 25.4 Å². The molecule has 2 rings (SSSR count). The molecule has 2 N–H and O–H groups in total. The van der Waals surface area contributed by atoms with Crippen LogP contribution >= 0.6 is 0 Å². The smallest absolute Gasteiger partial charge is 0.306 e. The van der Waals surface area contributed by atoms with Crippen LogP contribution in [0.1, 0.15) is 96.5 Å². The van der Waals surface area contributed by atoms with E-state index in [1.165, 1.54) is 70.1 Å². The van der Waals surface area contributed by atoms with Crippen LogP contribution in [0, 0.1) is 0 Å². The number of hydrogen-bond acceptors (Lipinski definition) is 4. The van der Waals surface area contributed by atoms with Gasteiger partial charge in [0.05, 0.1) is 0 Å². The Morgan fingerprint density at radius 2 is 1.79 bits per heavy atom. The van der Waals surface area contributed by atoms with E-state index in [0.29, 0.717) is 12.3 Å². The number of rotatable bonds is 11. The number of benzene rings is 1. The normalized spacial score (nSPS) is 18.0. The topological polar surface area (TPSA) is 55.6 Å². The number of esters is 1. The summed E-state index contributed by atoms with van der Waals surface area (Å²) < 4.78 is 5.35. The summed E-state index contributed by atoms with van der Waals surface area (Å²) in [6.45, 7) is 9.40. The van der Waals surface area contributed by atoms with Crippen molar-refractivity contribution in [1.82, 2.24) is 4.90 Å². The minimum absolute atomic E-state index is 0.0597. The number of carbonyl (C=O) groups excluding carboxylic acids is 1. The van der Waals surface area contributed by atoms with E-state index in [1.54, 1.807) is 0 Å². The zero-order valence-electron chi connectivity index (χ0n) is 18.9. The molecule has 1 heterocycles. The van der Waals surface area contributed by atoms with Gasteiger partial charge in [0.1, 0.15) is 5.60 Å². The molecule has 1 aliphatic rings. The molecule has 0 aliphatic carbocycles. The number of anilines is 1. The van der Waals surface area contributed by atoms with Crippen LogP contribution in [0.3, 0.4) is 0 Å². The molecule has 1 aromatic rings. The Kier molecular flexibility index (Phi) is 9.99. The number of carbonyl (C=O) groups is 1. The molecule has 1 aromatic carbocycles. The molecule has 0 aromatic heterocycles. The molecule has 0 saturated carbocycles. The second-order valence-electron chi connectivity index (χ2n) is 9.62. The lowest BCUT2D eigenvalue weighted by Crippen LogP contribution is -2.35. The Bertz CT molecular complexity index is 609. The molecular formula is C25H42N2O2. The van der Waals surface area contributed by atoms with E-state index in [4.69, 9.17) is 10.5 Å². The van der Waals surface area contributed by atoms with Crippen LogP contribution in [-0.4, -0.2) is 36.1 Å². The number of likely N-dealkylation sites (tertiary alicyclic amines) is 1. The molecule has 0 radical (unpaired) electrons. The first-order valence-electron chi connectivity index (χ1n) is 11.6. The fourth-order valence-electron chi connectivity index (χ4n) is 4.22. The van der Waals surface area contributed by atoms with Crippen LogP contribution < -0.4 is 5.73 Å². The summed E-state index contributed by atoms with van der Waals surface area (Å²) in [4.78, 5) is 14.3. The fraction of sp³-hybridized carbons (Fsp3) is 0.720. The molecule has 0 spiro atoms.